The zero-order valence-corrected chi connectivity index (χ0v) is 11.6. The van der Waals surface area contributed by atoms with Crippen molar-refractivity contribution in [3.63, 3.8) is 0 Å². The number of methoxy groups -OCH3 is 1. The van der Waals surface area contributed by atoms with Gasteiger partial charge in [-0.3, -0.25) is 9.59 Å². The summed E-state index contributed by atoms with van der Waals surface area (Å²) >= 11 is 0. The molecule has 0 spiro atoms. The highest BCUT2D eigenvalue weighted by atomic mass is 16.5. The predicted molar refractivity (Wildman–Crippen MR) is 77.0 cm³/mol. The summed E-state index contributed by atoms with van der Waals surface area (Å²) < 4.78 is 10.9. The molecule has 1 aliphatic rings. The lowest BCUT2D eigenvalue weighted by Crippen LogP contribution is -2.02. The first-order valence-corrected chi connectivity index (χ1v) is 6.64. The highest BCUT2D eigenvalue weighted by Crippen LogP contribution is 2.35. The fourth-order valence-electron chi connectivity index (χ4n) is 2.39. The fourth-order valence-corrected chi connectivity index (χ4v) is 2.39. The minimum absolute atomic E-state index is 0.0931. The average Bonchev–Trinajstić information content (AvgIpc) is 2.80. The molecule has 0 N–H and O–H groups in total. The van der Waals surface area contributed by atoms with Gasteiger partial charge in [-0.05, 0) is 11.6 Å². The van der Waals surface area contributed by atoms with Gasteiger partial charge in [0, 0.05) is 11.6 Å². The maximum atomic E-state index is 12.0. The van der Waals surface area contributed by atoms with Crippen molar-refractivity contribution in [3.05, 3.63) is 59.2 Å². The standard InChI is InChI=1S/C17H14O4/c1-20-12-7-13-14(18)9-15(19)17(13)16(8-12)21-10-11-5-3-2-4-6-11/h2-8H,9-10H2,1H3. The Bertz CT molecular complexity index is 704. The molecule has 21 heavy (non-hydrogen) atoms. The summed E-state index contributed by atoms with van der Waals surface area (Å²) in [6, 6.07) is 12.9. The summed E-state index contributed by atoms with van der Waals surface area (Å²) in [4.78, 5) is 23.8. The number of ether oxygens (including phenoxy) is 2. The molecule has 2 aromatic carbocycles. The Labute approximate surface area is 122 Å². The highest BCUT2D eigenvalue weighted by molar-refractivity contribution is 6.25. The van der Waals surface area contributed by atoms with Gasteiger partial charge >= 0.3 is 0 Å². The summed E-state index contributed by atoms with van der Waals surface area (Å²) in [6.07, 6.45) is -0.0931. The summed E-state index contributed by atoms with van der Waals surface area (Å²) in [7, 11) is 1.52. The lowest BCUT2D eigenvalue weighted by molar-refractivity contribution is 0.0922. The lowest BCUT2D eigenvalue weighted by atomic mass is 10.1. The average molecular weight is 282 g/mol. The molecule has 3 rings (SSSR count). The Morgan fingerprint density at radius 2 is 1.81 bits per heavy atom. The molecule has 0 amide bonds. The number of fused-ring (bicyclic) bond motifs is 1. The van der Waals surface area contributed by atoms with Crippen molar-refractivity contribution >= 4 is 11.6 Å². The zero-order chi connectivity index (χ0) is 14.8. The molecule has 0 saturated heterocycles. The molecule has 0 radical (unpaired) electrons. The molecule has 4 heteroatoms. The smallest absolute Gasteiger partial charge is 0.175 e. The molecule has 4 nitrogen and oxygen atoms in total. The van der Waals surface area contributed by atoms with Crippen LogP contribution in [0.1, 0.15) is 32.7 Å². The lowest BCUT2D eigenvalue weighted by Gasteiger charge is -2.12. The van der Waals surface area contributed by atoms with Crippen LogP contribution in [0.15, 0.2) is 42.5 Å². The molecular formula is C17H14O4. The summed E-state index contributed by atoms with van der Waals surface area (Å²) in [5, 5.41) is 0. The molecule has 0 heterocycles. The van der Waals surface area contributed by atoms with Gasteiger partial charge in [-0.1, -0.05) is 30.3 Å². The number of carbonyl (C=O) groups excluding carboxylic acids is 2. The van der Waals surface area contributed by atoms with E-state index in [1.807, 2.05) is 30.3 Å². The van der Waals surface area contributed by atoms with Crippen LogP contribution in [0.2, 0.25) is 0 Å². The van der Waals surface area contributed by atoms with Gasteiger partial charge in [-0.25, -0.2) is 0 Å². The SMILES string of the molecule is COc1cc(OCc2ccccc2)c2c(c1)C(=O)CC2=O. The number of Topliss-reactive ketones (excluding diaryl/α,β-unsaturated/α-hetero) is 2. The minimum Gasteiger partial charge on any atom is -0.497 e. The summed E-state index contributed by atoms with van der Waals surface area (Å²) in [5.74, 6) is 0.545. The van der Waals surface area contributed by atoms with Gasteiger partial charge < -0.3 is 9.47 Å². The number of ketones is 2. The normalized spacial score (nSPS) is 13.2. The zero-order valence-electron chi connectivity index (χ0n) is 11.6. The number of hydrogen-bond acceptors (Lipinski definition) is 4. The highest BCUT2D eigenvalue weighted by Gasteiger charge is 2.31. The van der Waals surface area contributed by atoms with E-state index in [2.05, 4.69) is 0 Å². The number of rotatable bonds is 4. The van der Waals surface area contributed by atoms with E-state index in [1.165, 1.54) is 7.11 Å². The third-order valence-electron chi connectivity index (χ3n) is 3.45. The molecule has 106 valence electrons. The van der Waals surface area contributed by atoms with Crippen molar-refractivity contribution in [3.8, 4) is 11.5 Å². The number of hydrogen-bond donors (Lipinski definition) is 0. The summed E-state index contributed by atoms with van der Waals surface area (Å²) in [5.41, 5.74) is 1.75. The van der Waals surface area contributed by atoms with Crippen molar-refractivity contribution in [1.29, 1.82) is 0 Å². The van der Waals surface area contributed by atoms with E-state index < -0.39 is 0 Å². The second-order valence-corrected chi connectivity index (χ2v) is 4.85. The molecule has 0 aliphatic heterocycles. The van der Waals surface area contributed by atoms with Crippen LogP contribution >= 0.6 is 0 Å². The van der Waals surface area contributed by atoms with Gasteiger partial charge in [0.25, 0.3) is 0 Å². The molecule has 2 aromatic rings. The van der Waals surface area contributed by atoms with Gasteiger partial charge in [0.05, 0.1) is 19.1 Å². The van der Waals surface area contributed by atoms with Crippen LogP contribution in [-0.2, 0) is 6.61 Å². The van der Waals surface area contributed by atoms with Crippen molar-refractivity contribution in [2.24, 2.45) is 0 Å². The van der Waals surface area contributed by atoms with E-state index in [0.29, 0.717) is 29.2 Å². The van der Waals surface area contributed by atoms with Gasteiger partial charge in [0.15, 0.2) is 11.6 Å². The van der Waals surface area contributed by atoms with Crippen LogP contribution in [0, 0.1) is 0 Å². The Morgan fingerprint density at radius 3 is 2.52 bits per heavy atom. The molecule has 0 aromatic heterocycles. The molecule has 0 atom stereocenters. The maximum Gasteiger partial charge on any atom is 0.175 e. The van der Waals surface area contributed by atoms with Crippen LogP contribution in [-0.4, -0.2) is 18.7 Å². The van der Waals surface area contributed by atoms with Crippen molar-refractivity contribution in [2.45, 2.75) is 13.0 Å². The Hall–Kier alpha value is -2.62. The van der Waals surface area contributed by atoms with E-state index in [4.69, 9.17) is 9.47 Å². The van der Waals surface area contributed by atoms with E-state index >= 15 is 0 Å². The van der Waals surface area contributed by atoms with E-state index in [0.717, 1.165) is 5.56 Å². The third-order valence-corrected chi connectivity index (χ3v) is 3.45. The van der Waals surface area contributed by atoms with Crippen molar-refractivity contribution in [2.75, 3.05) is 7.11 Å². The molecular weight excluding hydrogens is 268 g/mol. The Kier molecular flexibility index (Phi) is 3.44. The molecule has 0 bridgehead atoms. The van der Waals surface area contributed by atoms with Gasteiger partial charge in [-0.2, -0.15) is 0 Å². The van der Waals surface area contributed by atoms with Gasteiger partial charge in [0.2, 0.25) is 0 Å². The quantitative estimate of drug-likeness (QED) is 0.809. The van der Waals surface area contributed by atoms with Gasteiger partial charge in [0.1, 0.15) is 18.1 Å². The minimum atomic E-state index is -0.194. The third kappa shape index (κ3) is 2.52. The largest absolute Gasteiger partial charge is 0.497 e. The summed E-state index contributed by atoms with van der Waals surface area (Å²) in [6.45, 7) is 0.335. The number of carbonyl (C=O) groups is 2. The maximum absolute atomic E-state index is 12.0. The molecule has 0 saturated carbocycles. The second kappa shape index (κ2) is 5.40. The van der Waals surface area contributed by atoms with Crippen LogP contribution in [0.3, 0.4) is 0 Å². The van der Waals surface area contributed by atoms with Crippen LogP contribution in [0.5, 0.6) is 11.5 Å². The Morgan fingerprint density at radius 1 is 1.05 bits per heavy atom. The van der Waals surface area contributed by atoms with Crippen molar-refractivity contribution < 1.29 is 19.1 Å². The molecule has 1 aliphatic carbocycles. The Balaban J connectivity index is 1.94. The second-order valence-electron chi connectivity index (χ2n) is 4.85. The van der Waals surface area contributed by atoms with Crippen LogP contribution in [0.25, 0.3) is 0 Å². The topological polar surface area (TPSA) is 52.6 Å². The predicted octanol–water partition coefficient (Wildman–Crippen LogP) is 3.04. The number of benzene rings is 2. The first-order chi connectivity index (χ1) is 10.2. The first kappa shape index (κ1) is 13.4. The van der Waals surface area contributed by atoms with Gasteiger partial charge in [-0.15, -0.1) is 0 Å². The monoisotopic (exact) mass is 282 g/mol. The van der Waals surface area contributed by atoms with E-state index in [-0.39, 0.29) is 18.0 Å². The fraction of sp³-hybridized carbons (Fsp3) is 0.176. The van der Waals surface area contributed by atoms with E-state index in [1.54, 1.807) is 12.1 Å². The van der Waals surface area contributed by atoms with E-state index in [9.17, 15) is 9.59 Å². The molecule has 0 unspecified atom stereocenters. The van der Waals surface area contributed by atoms with Crippen molar-refractivity contribution in [1.82, 2.24) is 0 Å². The first-order valence-electron chi connectivity index (χ1n) is 6.64. The van der Waals surface area contributed by atoms with Crippen LogP contribution in [0.4, 0.5) is 0 Å². The van der Waals surface area contributed by atoms with Crippen LogP contribution < -0.4 is 9.47 Å². The molecule has 0 fully saturated rings.